The highest BCUT2D eigenvalue weighted by Crippen LogP contribution is 2.43. The van der Waals surface area contributed by atoms with E-state index >= 15 is 0 Å². The molecule has 0 aliphatic heterocycles. The SMILES string of the molecule is CC(c1ccc(OC(=O)c2ccc(-c3ccc(N(c4ccccc4)c4ccccc4)cc3)cc2)cc1)(c1ccc(OC(=O)c2ccc(-c3ccc(N(c4ccccc4)c4ccccc4)cc3)cc2)cc1)c1ccc(OC(=O)c2ccc(-c3ccc(N(c4ccccc4)c4ccccc4)cc3)cc2)cc1. The second-order valence-electron chi connectivity index (χ2n) is 25.3. The van der Waals surface area contributed by atoms with E-state index in [4.69, 9.17) is 14.2 Å². The van der Waals surface area contributed by atoms with E-state index in [0.29, 0.717) is 33.9 Å². The van der Waals surface area contributed by atoms with E-state index in [9.17, 15) is 14.4 Å². The van der Waals surface area contributed by atoms with E-state index in [2.05, 4.69) is 167 Å². The zero-order chi connectivity index (χ0) is 70.6. The van der Waals surface area contributed by atoms with E-state index in [1.807, 2.05) is 182 Å². The second-order valence-corrected chi connectivity index (χ2v) is 25.3. The summed E-state index contributed by atoms with van der Waals surface area (Å²) < 4.78 is 18.1. The van der Waals surface area contributed by atoms with Gasteiger partial charge in [0, 0.05) is 56.6 Å². The number of para-hydroxylation sites is 6. The number of anilines is 9. The highest BCUT2D eigenvalue weighted by atomic mass is 16.5. The summed E-state index contributed by atoms with van der Waals surface area (Å²) in [5, 5.41) is 0. The molecule has 15 rings (SSSR count). The average Bonchev–Trinajstić information content (AvgIpc) is 0.765. The van der Waals surface area contributed by atoms with Crippen molar-refractivity contribution in [3.63, 3.8) is 0 Å². The van der Waals surface area contributed by atoms with Gasteiger partial charge in [-0.15, -0.1) is 0 Å². The molecule has 0 aliphatic carbocycles. The molecule has 0 saturated carbocycles. The maximum absolute atomic E-state index is 13.8. The maximum atomic E-state index is 13.8. The molecule has 0 heterocycles. The molecule has 15 aromatic rings. The molecule has 0 amide bonds. The van der Waals surface area contributed by atoms with E-state index in [-0.39, 0.29) is 0 Å². The molecule has 0 fully saturated rings. The lowest BCUT2D eigenvalue weighted by atomic mass is 9.71. The summed E-state index contributed by atoms with van der Waals surface area (Å²) in [6.45, 7) is 2.10. The predicted molar refractivity (Wildman–Crippen MR) is 419 cm³/mol. The van der Waals surface area contributed by atoms with Crippen molar-refractivity contribution in [1.82, 2.24) is 0 Å². The van der Waals surface area contributed by atoms with Crippen LogP contribution >= 0.6 is 0 Å². The van der Waals surface area contributed by atoms with Crippen molar-refractivity contribution in [2.45, 2.75) is 12.3 Å². The Morgan fingerprint density at radius 3 is 0.548 bits per heavy atom. The van der Waals surface area contributed by atoms with Crippen LogP contribution in [0.5, 0.6) is 17.2 Å². The quantitative estimate of drug-likeness (QED) is 0.0396. The first-order valence-corrected chi connectivity index (χ1v) is 34.5. The number of nitrogens with zero attached hydrogens (tertiary/aromatic N) is 3. The maximum Gasteiger partial charge on any atom is 0.343 e. The predicted octanol–water partition coefficient (Wildman–Crippen LogP) is 24.1. The fraction of sp³-hybridized carbons (Fsp3) is 0.0211. The monoisotopic (exact) mass is 1350 g/mol. The van der Waals surface area contributed by atoms with Crippen LogP contribution < -0.4 is 28.9 Å². The molecule has 9 heteroatoms. The molecule has 0 aliphatic rings. The van der Waals surface area contributed by atoms with Gasteiger partial charge in [-0.25, -0.2) is 14.4 Å². The lowest BCUT2D eigenvalue weighted by Crippen LogP contribution is -2.25. The standard InChI is InChI=1S/C95H69N3O6/c1-95(77-50-62-89(63-51-77)102-92(99)74-38-32-68(33-39-74)71-44-56-86(57-45-71)96(80-20-8-2-9-21-80)81-22-10-3-11-23-81,78-52-64-90(65-53-78)103-93(100)75-40-34-69(35-41-75)72-46-58-87(59-47-72)97(82-24-12-4-13-25-82)83-26-14-5-15-27-83)79-54-66-91(67-55-79)104-94(101)76-42-36-70(37-43-76)73-48-60-88(61-49-73)98(84-28-16-6-17-29-84)85-30-18-7-19-31-85/h2-67H,1H3. The van der Waals surface area contributed by atoms with Crippen LogP contribution in [-0.2, 0) is 5.41 Å². The van der Waals surface area contributed by atoms with E-state index in [0.717, 1.165) is 101 Å². The van der Waals surface area contributed by atoms with Gasteiger partial charge in [0.2, 0.25) is 0 Å². The van der Waals surface area contributed by atoms with Gasteiger partial charge in [0.1, 0.15) is 17.2 Å². The Morgan fingerprint density at radius 1 is 0.202 bits per heavy atom. The topological polar surface area (TPSA) is 88.6 Å². The number of hydrogen-bond acceptors (Lipinski definition) is 9. The Labute approximate surface area is 605 Å². The molecule has 500 valence electrons. The summed E-state index contributed by atoms with van der Waals surface area (Å²) in [4.78, 5) is 48.1. The molecule has 0 atom stereocenters. The molecular weight excluding hydrogens is 1280 g/mol. The molecule has 0 radical (unpaired) electrons. The van der Waals surface area contributed by atoms with Gasteiger partial charge in [0.05, 0.1) is 16.7 Å². The number of carbonyl (C=O) groups is 3. The molecule has 15 aromatic carbocycles. The largest absolute Gasteiger partial charge is 0.423 e. The third-order valence-electron chi connectivity index (χ3n) is 18.8. The molecule has 104 heavy (non-hydrogen) atoms. The summed E-state index contributed by atoms with van der Waals surface area (Å²) >= 11 is 0. The molecular formula is C95H69N3O6. The average molecular weight is 1350 g/mol. The van der Waals surface area contributed by atoms with Gasteiger partial charge in [-0.1, -0.05) is 218 Å². The van der Waals surface area contributed by atoms with Crippen LogP contribution in [0.4, 0.5) is 51.2 Å². The number of ether oxygens (including phenoxy) is 3. The molecule has 0 aromatic heterocycles. The highest BCUT2D eigenvalue weighted by Gasteiger charge is 2.32. The minimum Gasteiger partial charge on any atom is -0.423 e. The van der Waals surface area contributed by atoms with Crippen LogP contribution in [0.1, 0.15) is 54.7 Å². The second kappa shape index (κ2) is 30.3. The Morgan fingerprint density at radius 2 is 0.365 bits per heavy atom. The normalized spacial score (nSPS) is 11.0. The Balaban J connectivity index is 0.643. The summed E-state index contributed by atoms with van der Waals surface area (Å²) in [6, 6.07) is 132. The van der Waals surface area contributed by atoms with Gasteiger partial charge in [0.15, 0.2) is 0 Å². The number of rotatable bonds is 21. The van der Waals surface area contributed by atoms with Crippen LogP contribution in [0.25, 0.3) is 33.4 Å². The zero-order valence-corrected chi connectivity index (χ0v) is 56.9. The number of esters is 3. The summed E-state index contributed by atoms with van der Waals surface area (Å²) in [5.41, 5.74) is 18.3. The van der Waals surface area contributed by atoms with Gasteiger partial charge in [-0.2, -0.15) is 0 Å². The van der Waals surface area contributed by atoms with Gasteiger partial charge < -0.3 is 28.9 Å². The summed E-state index contributed by atoms with van der Waals surface area (Å²) in [7, 11) is 0. The highest BCUT2D eigenvalue weighted by molar-refractivity contribution is 5.94. The minimum absolute atomic E-state index is 0.367. The fourth-order valence-electron chi connectivity index (χ4n) is 13.2. The third kappa shape index (κ3) is 14.6. The van der Waals surface area contributed by atoms with Gasteiger partial charge >= 0.3 is 17.9 Å². The molecule has 0 bridgehead atoms. The molecule has 0 N–H and O–H groups in total. The number of hydrogen-bond donors (Lipinski definition) is 0. The lowest BCUT2D eigenvalue weighted by Gasteiger charge is -2.32. The van der Waals surface area contributed by atoms with Crippen molar-refractivity contribution in [3.8, 4) is 50.6 Å². The van der Waals surface area contributed by atoms with Crippen molar-refractivity contribution in [2.24, 2.45) is 0 Å². The smallest absolute Gasteiger partial charge is 0.343 e. The van der Waals surface area contributed by atoms with Gasteiger partial charge in [-0.3, -0.25) is 0 Å². The summed E-state index contributed by atoms with van der Waals surface area (Å²) in [5.74, 6) is -0.380. The van der Waals surface area contributed by atoms with Gasteiger partial charge in [0.25, 0.3) is 0 Å². The van der Waals surface area contributed by atoms with Crippen molar-refractivity contribution in [2.75, 3.05) is 14.7 Å². The Hall–Kier alpha value is -13.9. The number of benzene rings is 15. The molecule has 0 spiro atoms. The Bertz CT molecular complexity index is 4710. The zero-order valence-electron chi connectivity index (χ0n) is 56.9. The molecule has 0 unspecified atom stereocenters. The minimum atomic E-state index is -0.839. The molecule has 0 saturated heterocycles. The van der Waals surface area contributed by atoms with Crippen LogP contribution in [0.2, 0.25) is 0 Å². The van der Waals surface area contributed by atoms with Crippen LogP contribution in [0, 0.1) is 0 Å². The van der Waals surface area contributed by atoms with Crippen LogP contribution in [-0.4, -0.2) is 17.9 Å². The van der Waals surface area contributed by atoms with Crippen LogP contribution in [0.3, 0.4) is 0 Å². The van der Waals surface area contributed by atoms with E-state index in [1.54, 1.807) is 72.8 Å². The first kappa shape index (κ1) is 66.0. The first-order chi connectivity index (χ1) is 51.1. The Kier molecular flexibility index (Phi) is 19.2. The number of carbonyl (C=O) groups excluding carboxylic acids is 3. The van der Waals surface area contributed by atoms with Crippen molar-refractivity contribution < 1.29 is 28.6 Å². The first-order valence-electron chi connectivity index (χ1n) is 34.5. The van der Waals surface area contributed by atoms with E-state index in [1.165, 1.54) is 0 Å². The van der Waals surface area contributed by atoms with Crippen molar-refractivity contribution in [3.05, 3.63) is 434 Å². The van der Waals surface area contributed by atoms with Gasteiger partial charge in [-0.05, 0) is 239 Å². The van der Waals surface area contributed by atoms with Crippen molar-refractivity contribution in [1.29, 1.82) is 0 Å². The molecule has 9 nitrogen and oxygen atoms in total. The van der Waals surface area contributed by atoms with Crippen molar-refractivity contribution >= 4 is 69.1 Å². The fourth-order valence-corrected chi connectivity index (χ4v) is 13.2. The van der Waals surface area contributed by atoms with E-state index < -0.39 is 23.3 Å². The lowest BCUT2D eigenvalue weighted by molar-refractivity contribution is 0.0725. The third-order valence-corrected chi connectivity index (χ3v) is 18.8. The summed E-state index contributed by atoms with van der Waals surface area (Å²) in [6.07, 6.45) is 0. The van der Waals surface area contributed by atoms with Crippen LogP contribution in [0.15, 0.2) is 400 Å².